The van der Waals surface area contributed by atoms with Gasteiger partial charge in [0, 0.05) is 12.5 Å². The van der Waals surface area contributed by atoms with E-state index in [0.717, 1.165) is 0 Å². The van der Waals surface area contributed by atoms with Crippen LogP contribution in [0, 0.1) is 0 Å². The van der Waals surface area contributed by atoms with Crippen LogP contribution in [0.2, 0.25) is 0 Å². The highest BCUT2D eigenvalue weighted by Crippen LogP contribution is 2.44. The zero-order valence-corrected chi connectivity index (χ0v) is 19.7. The van der Waals surface area contributed by atoms with Crippen molar-refractivity contribution in [3.63, 3.8) is 0 Å². The van der Waals surface area contributed by atoms with Crippen molar-refractivity contribution >= 4 is 13.9 Å². The Hall–Kier alpha value is -2.30. The molecule has 0 atom stereocenters. The molecule has 2 aromatic rings. The van der Waals surface area contributed by atoms with Crippen LogP contribution in [0.4, 0.5) is 4.79 Å². The van der Waals surface area contributed by atoms with Crippen molar-refractivity contribution in [1.82, 2.24) is 5.32 Å². The lowest BCUT2D eigenvalue weighted by Crippen LogP contribution is -2.29. The van der Waals surface area contributed by atoms with Gasteiger partial charge in [-0.3, -0.25) is 4.52 Å². The Bertz CT molecular complexity index is 919. The first-order valence-electron chi connectivity index (χ1n) is 11.0. The molecule has 0 heterocycles. The molecule has 0 saturated heterocycles. The number of rotatable bonds is 15. The van der Waals surface area contributed by atoms with Crippen LogP contribution in [0.3, 0.4) is 0 Å². The van der Waals surface area contributed by atoms with Crippen molar-refractivity contribution in [3.8, 4) is 11.1 Å². The standard InChI is InChI=1S/C23H30NO9P/c25-23(24-9-10-29-11-12-30-13-14-31-15-16-33-34(26,27)28)32-17-22-20-7-3-1-5-18(20)19-6-2-4-8-21(19)22/h1-8,22H,9-17H2,(H,24,25)(H2,26,27,28). The summed E-state index contributed by atoms with van der Waals surface area (Å²) in [6, 6.07) is 16.3. The molecule has 1 amide bonds. The molecule has 3 N–H and O–H groups in total. The molecule has 10 nitrogen and oxygen atoms in total. The van der Waals surface area contributed by atoms with E-state index in [0.29, 0.717) is 33.0 Å². The molecule has 186 valence electrons. The molecule has 0 aliphatic heterocycles. The minimum absolute atomic E-state index is 0.0223. The molecule has 0 unspecified atom stereocenters. The molecule has 2 aromatic carbocycles. The molecule has 0 aromatic heterocycles. The van der Waals surface area contributed by atoms with Crippen molar-refractivity contribution in [1.29, 1.82) is 0 Å². The topological polar surface area (TPSA) is 133 Å². The Morgan fingerprint density at radius 2 is 1.29 bits per heavy atom. The van der Waals surface area contributed by atoms with Crippen LogP contribution in [0.1, 0.15) is 17.0 Å². The van der Waals surface area contributed by atoms with Gasteiger partial charge in [0.1, 0.15) is 6.61 Å². The second kappa shape index (κ2) is 13.6. The number of benzene rings is 2. The van der Waals surface area contributed by atoms with Crippen LogP contribution >= 0.6 is 7.82 Å². The molecule has 11 heteroatoms. The van der Waals surface area contributed by atoms with Crippen LogP contribution in [-0.2, 0) is 28.0 Å². The summed E-state index contributed by atoms with van der Waals surface area (Å²) in [5, 5.41) is 2.68. The van der Waals surface area contributed by atoms with Gasteiger partial charge >= 0.3 is 13.9 Å². The molecule has 34 heavy (non-hydrogen) atoms. The number of ether oxygens (including phenoxy) is 4. The molecular weight excluding hydrogens is 465 g/mol. The van der Waals surface area contributed by atoms with E-state index in [1.807, 2.05) is 24.3 Å². The zero-order chi connectivity index (χ0) is 24.2. The first kappa shape index (κ1) is 26.3. The summed E-state index contributed by atoms with van der Waals surface area (Å²) in [7, 11) is -4.45. The molecule has 0 bridgehead atoms. The van der Waals surface area contributed by atoms with Gasteiger partial charge in [0.2, 0.25) is 0 Å². The van der Waals surface area contributed by atoms with Crippen molar-refractivity contribution in [2.24, 2.45) is 0 Å². The maximum absolute atomic E-state index is 12.1. The SMILES string of the molecule is O=C(NCCOCCOCCOCCOP(=O)(O)O)OCC1c2ccccc2-c2ccccc21. The smallest absolute Gasteiger partial charge is 0.449 e. The first-order chi connectivity index (χ1) is 16.5. The predicted octanol–water partition coefficient (Wildman–Crippen LogP) is 2.68. The Labute approximate surface area is 198 Å². The Balaban J connectivity index is 1.20. The molecule has 0 spiro atoms. The van der Waals surface area contributed by atoms with Crippen LogP contribution in [0.15, 0.2) is 48.5 Å². The summed E-state index contributed by atoms with van der Waals surface area (Å²) in [6.07, 6.45) is -0.485. The average molecular weight is 495 g/mol. The summed E-state index contributed by atoms with van der Waals surface area (Å²) in [5.74, 6) is 0.0223. The number of hydrogen-bond donors (Lipinski definition) is 3. The van der Waals surface area contributed by atoms with E-state index < -0.39 is 13.9 Å². The normalized spacial score (nSPS) is 12.9. The number of amides is 1. The average Bonchev–Trinajstić information content (AvgIpc) is 3.14. The molecule has 1 aliphatic rings. The number of nitrogens with one attached hydrogen (secondary N) is 1. The van der Waals surface area contributed by atoms with Gasteiger partial charge < -0.3 is 34.1 Å². The van der Waals surface area contributed by atoms with E-state index in [1.165, 1.54) is 22.3 Å². The number of carbonyl (C=O) groups excluding carboxylic acids is 1. The van der Waals surface area contributed by atoms with Gasteiger partial charge in [0.05, 0.1) is 46.2 Å². The monoisotopic (exact) mass is 495 g/mol. The third kappa shape index (κ3) is 8.48. The number of phosphoric ester groups is 1. The molecule has 0 saturated carbocycles. The Morgan fingerprint density at radius 3 is 1.85 bits per heavy atom. The zero-order valence-electron chi connectivity index (χ0n) is 18.8. The van der Waals surface area contributed by atoms with Gasteiger partial charge in [-0.15, -0.1) is 0 Å². The molecule has 0 fully saturated rings. The Morgan fingerprint density at radius 1 is 0.794 bits per heavy atom. The number of fused-ring (bicyclic) bond motifs is 3. The third-order valence-electron chi connectivity index (χ3n) is 5.09. The third-order valence-corrected chi connectivity index (χ3v) is 5.61. The van der Waals surface area contributed by atoms with Crippen molar-refractivity contribution in [2.45, 2.75) is 5.92 Å². The largest absolute Gasteiger partial charge is 0.469 e. The van der Waals surface area contributed by atoms with Gasteiger partial charge in [-0.25, -0.2) is 9.36 Å². The summed E-state index contributed by atoms with van der Waals surface area (Å²) in [4.78, 5) is 29.1. The van der Waals surface area contributed by atoms with E-state index in [4.69, 9.17) is 28.7 Å². The van der Waals surface area contributed by atoms with E-state index in [-0.39, 0.29) is 32.3 Å². The van der Waals surface area contributed by atoms with E-state index in [2.05, 4.69) is 34.1 Å². The number of phosphoric acid groups is 1. The fourth-order valence-electron chi connectivity index (χ4n) is 3.63. The van der Waals surface area contributed by atoms with E-state index in [1.54, 1.807) is 0 Å². The highest BCUT2D eigenvalue weighted by molar-refractivity contribution is 7.46. The van der Waals surface area contributed by atoms with Crippen molar-refractivity contribution in [2.75, 3.05) is 59.4 Å². The van der Waals surface area contributed by atoms with Gasteiger partial charge in [-0.2, -0.15) is 0 Å². The second-order valence-electron chi connectivity index (χ2n) is 7.41. The van der Waals surface area contributed by atoms with Crippen LogP contribution in [0.25, 0.3) is 11.1 Å². The van der Waals surface area contributed by atoms with Crippen molar-refractivity contribution < 1.29 is 42.6 Å². The number of alkyl carbamates (subject to hydrolysis) is 1. The summed E-state index contributed by atoms with van der Waals surface area (Å²) >= 11 is 0. The Kier molecular flexibility index (Phi) is 10.5. The molecule has 3 rings (SSSR count). The molecule has 0 radical (unpaired) electrons. The van der Waals surface area contributed by atoms with Gasteiger partial charge in [0.25, 0.3) is 0 Å². The second-order valence-corrected chi connectivity index (χ2v) is 8.65. The highest BCUT2D eigenvalue weighted by atomic mass is 31.2. The highest BCUT2D eigenvalue weighted by Gasteiger charge is 2.28. The van der Waals surface area contributed by atoms with Crippen LogP contribution in [0.5, 0.6) is 0 Å². The van der Waals surface area contributed by atoms with E-state index in [9.17, 15) is 9.36 Å². The molecule has 1 aliphatic carbocycles. The summed E-state index contributed by atoms with van der Waals surface area (Å²) in [5.41, 5.74) is 4.70. The lowest BCUT2D eigenvalue weighted by Gasteiger charge is -2.14. The maximum atomic E-state index is 12.1. The minimum atomic E-state index is -4.45. The van der Waals surface area contributed by atoms with Crippen molar-refractivity contribution in [3.05, 3.63) is 59.7 Å². The van der Waals surface area contributed by atoms with E-state index >= 15 is 0 Å². The fourth-order valence-corrected chi connectivity index (χ4v) is 3.94. The predicted molar refractivity (Wildman–Crippen MR) is 124 cm³/mol. The van der Waals surface area contributed by atoms with Gasteiger partial charge in [-0.1, -0.05) is 48.5 Å². The first-order valence-corrected chi connectivity index (χ1v) is 12.5. The quantitative estimate of drug-likeness (QED) is 0.252. The van der Waals surface area contributed by atoms with Crippen LogP contribution in [-0.4, -0.2) is 75.3 Å². The fraction of sp³-hybridized carbons (Fsp3) is 0.435. The number of hydrogen-bond acceptors (Lipinski definition) is 7. The summed E-state index contributed by atoms with van der Waals surface area (Å²) in [6.45, 7) is 2.08. The lowest BCUT2D eigenvalue weighted by molar-refractivity contribution is 0.00799. The van der Waals surface area contributed by atoms with Gasteiger partial charge in [0.15, 0.2) is 0 Å². The number of carbonyl (C=O) groups is 1. The maximum Gasteiger partial charge on any atom is 0.469 e. The van der Waals surface area contributed by atoms with Gasteiger partial charge in [-0.05, 0) is 22.3 Å². The summed E-state index contributed by atoms with van der Waals surface area (Å²) < 4.78 is 36.0. The molecular formula is C23H30NO9P. The lowest BCUT2D eigenvalue weighted by atomic mass is 9.98. The minimum Gasteiger partial charge on any atom is -0.449 e. The van der Waals surface area contributed by atoms with Crippen LogP contribution < -0.4 is 5.32 Å².